The molecule has 19 heavy (non-hydrogen) atoms. The predicted molar refractivity (Wildman–Crippen MR) is 60.9 cm³/mol. The van der Waals surface area contributed by atoms with Gasteiger partial charge in [0, 0.05) is 0 Å². The maximum absolute atomic E-state index is 10.7. The standard InChI is InChI=1S/C10H12O.F6P.Ru/c1-8(2)11-10-7-5-4-6-9(10)3;1-7(2,3,4,5)6;/h3-8H,1-2H3;;/q;-1;. The Kier molecular flexibility index (Phi) is 5.35. The first kappa shape index (κ1) is 18.5. The molecule has 0 aliphatic rings. The van der Waals surface area contributed by atoms with E-state index in [4.69, 9.17) is 4.74 Å². The van der Waals surface area contributed by atoms with Gasteiger partial charge in [0.05, 0.1) is 0 Å². The minimum atomic E-state index is -10.7. The van der Waals surface area contributed by atoms with Crippen LogP contribution in [0.15, 0.2) is 24.3 Å². The van der Waals surface area contributed by atoms with Gasteiger partial charge in [-0.05, 0) is 0 Å². The monoisotopic (exact) mass is 395 g/mol. The van der Waals surface area contributed by atoms with Crippen LogP contribution in [-0.2, 0) is 17.9 Å². The molecular formula is C10H12F6OPRu-. The molecule has 0 saturated heterocycles. The molecule has 0 amide bonds. The zero-order chi connectivity index (χ0) is 15.4. The molecule has 114 valence electrons. The van der Waals surface area contributed by atoms with E-state index in [1.54, 1.807) is 0 Å². The van der Waals surface area contributed by atoms with E-state index in [1.165, 1.54) is 0 Å². The molecule has 0 radical (unpaired) electrons. The van der Waals surface area contributed by atoms with Gasteiger partial charge in [-0.25, -0.2) is 0 Å². The van der Waals surface area contributed by atoms with Gasteiger partial charge >= 0.3 is 116 Å². The van der Waals surface area contributed by atoms with Crippen LogP contribution in [0.4, 0.5) is 25.2 Å². The zero-order valence-electron chi connectivity index (χ0n) is 9.94. The van der Waals surface area contributed by atoms with Crippen molar-refractivity contribution in [2.75, 3.05) is 0 Å². The Labute approximate surface area is 116 Å². The molecule has 0 aliphatic heterocycles. The summed E-state index contributed by atoms with van der Waals surface area (Å²) in [5, 5.41) is 0. The zero-order valence-corrected chi connectivity index (χ0v) is 12.6. The fraction of sp³-hybridized carbons (Fsp3) is 0.300. The van der Waals surface area contributed by atoms with Gasteiger partial charge in [-0.15, -0.1) is 0 Å². The molecule has 1 nitrogen and oxygen atoms in total. The molecule has 1 aromatic rings. The maximum atomic E-state index is 9.87. The normalized spacial score (nSPS) is 14.8. The summed E-state index contributed by atoms with van der Waals surface area (Å²) in [6, 6.07) is 8.01. The SMILES string of the molecule is CC(C)Oc1ccccc1[CH]=[Ru].F[P-](F)(F)(F)(F)F. The van der Waals surface area contributed by atoms with Gasteiger partial charge in [-0.2, -0.15) is 0 Å². The van der Waals surface area contributed by atoms with E-state index >= 15 is 0 Å². The van der Waals surface area contributed by atoms with Crippen molar-refractivity contribution in [1.29, 1.82) is 0 Å². The summed E-state index contributed by atoms with van der Waals surface area (Å²) in [5.41, 5.74) is 1.13. The van der Waals surface area contributed by atoms with E-state index in [2.05, 4.69) is 17.9 Å². The fourth-order valence-corrected chi connectivity index (χ4v) is 1.34. The van der Waals surface area contributed by atoms with Crippen molar-refractivity contribution in [1.82, 2.24) is 0 Å². The van der Waals surface area contributed by atoms with Crippen LogP contribution in [0.1, 0.15) is 19.4 Å². The fourth-order valence-electron chi connectivity index (χ4n) is 0.926. The Hall–Kier alpha value is -0.477. The van der Waals surface area contributed by atoms with Gasteiger partial charge in [0.1, 0.15) is 0 Å². The van der Waals surface area contributed by atoms with Crippen LogP contribution < -0.4 is 4.74 Å². The molecule has 0 N–H and O–H groups in total. The van der Waals surface area contributed by atoms with Crippen LogP contribution in [0.2, 0.25) is 0 Å². The third-order valence-electron chi connectivity index (χ3n) is 1.39. The van der Waals surface area contributed by atoms with Gasteiger partial charge in [0.2, 0.25) is 0 Å². The van der Waals surface area contributed by atoms with Crippen molar-refractivity contribution in [2.24, 2.45) is 0 Å². The Morgan fingerprint density at radius 3 is 1.84 bits per heavy atom. The molecule has 0 aromatic heterocycles. The average molecular weight is 394 g/mol. The number of ether oxygens (including phenoxy) is 1. The van der Waals surface area contributed by atoms with Crippen molar-refractivity contribution in [2.45, 2.75) is 20.0 Å². The van der Waals surface area contributed by atoms with Gasteiger partial charge in [0.25, 0.3) is 0 Å². The molecule has 0 aliphatic carbocycles. The molecule has 0 fully saturated rings. The molecule has 0 saturated carbocycles. The number of hydrogen-bond acceptors (Lipinski definition) is 1. The first-order chi connectivity index (χ1) is 8.19. The Morgan fingerprint density at radius 2 is 1.47 bits per heavy atom. The number of hydrogen-bond donors (Lipinski definition) is 0. The Balaban J connectivity index is 0.000000399. The number of benzene rings is 1. The number of para-hydroxylation sites is 1. The van der Waals surface area contributed by atoms with E-state index in [0.29, 0.717) is 0 Å². The third kappa shape index (κ3) is 15.5. The summed E-state index contributed by atoms with van der Waals surface area (Å²) in [6.45, 7) is 4.06. The van der Waals surface area contributed by atoms with E-state index < -0.39 is 7.81 Å². The van der Waals surface area contributed by atoms with Crippen LogP contribution >= 0.6 is 7.81 Å². The van der Waals surface area contributed by atoms with Gasteiger partial charge in [-0.1, -0.05) is 0 Å². The molecule has 0 unspecified atom stereocenters. The summed E-state index contributed by atoms with van der Waals surface area (Å²) in [6.07, 6.45) is 0.234. The molecule has 1 aromatic carbocycles. The van der Waals surface area contributed by atoms with Crippen LogP contribution in [0.3, 0.4) is 0 Å². The second-order valence-electron chi connectivity index (χ2n) is 3.76. The Bertz CT molecular complexity index is 430. The summed E-state index contributed by atoms with van der Waals surface area (Å²) < 4.78 is 66.8. The topological polar surface area (TPSA) is 9.23 Å². The first-order valence-corrected chi connectivity index (χ1v) is 7.96. The van der Waals surface area contributed by atoms with Gasteiger partial charge in [0.15, 0.2) is 0 Å². The van der Waals surface area contributed by atoms with Crippen molar-refractivity contribution in [3.05, 3.63) is 29.8 Å². The summed E-state index contributed by atoms with van der Waals surface area (Å²) >= 11 is 2.49. The molecule has 0 heterocycles. The summed E-state index contributed by atoms with van der Waals surface area (Å²) in [4.78, 5) is 0. The molecule has 9 heteroatoms. The van der Waals surface area contributed by atoms with E-state index in [1.807, 2.05) is 42.7 Å². The van der Waals surface area contributed by atoms with E-state index in [0.717, 1.165) is 11.3 Å². The third-order valence-corrected chi connectivity index (χ3v) is 1.93. The van der Waals surface area contributed by atoms with Crippen molar-refractivity contribution in [3.8, 4) is 5.75 Å². The van der Waals surface area contributed by atoms with E-state index in [-0.39, 0.29) is 6.10 Å². The molecule has 0 atom stereocenters. The van der Waals surface area contributed by atoms with Crippen molar-refractivity contribution in [3.63, 3.8) is 0 Å². The number of rotatable bonds is 3. The Morgan fingerprint density at radius 1 is 1.05 bits per heavy atom. The minimum absolute atomic E-state index is 0.234. The summed E-state index contributed by atoms with van der Waals surface area (Å²) in [7, 11) is -10.7. The molecular weight excluding hydrogens is 382 g/mol. The molecule has 1 rings (SSSR count). The van der Waals surface area contributed by atoms with Gasteiger partial charge < -0.3 is 0 Å². The van der Waals surface area contributed by atoms with Crippen LogP contribution in [-0.4, -0.2) is 10.7 Å². The van der Waals surface area contributed by atoms with Gasteiger partial charge in [-0.3, -0.25) is 0 Å². The van der Waals surface area contributed by atoms with E-state index in [9.17, 15) is 25.2 Å². The second-order valence-corrected chi connectivity index (χ2v) is 6.18. The molecule has 0 bridgehead atoms. The molecule has 0 spiro atoms. The van der Waals surface area contributed by atoms with Crippen LogP contribution in [0.5, 0.6) is 5.75 Å². The predicted octanol–water partition coefficient (Wildman–Crippen LogP) is 5.55. The second kappa shape index (κ2) is 5.49. The number of halogens is 6. The average Bonchev–Trinajstić information content (AvgIpc) is 2.12. The van der Waals surface area contributed by atoms with Crippen molar-refractivity contribution >= 4 is 12.4 Å². The summed E-state index contributed by atoms with van der Waals surface area (Å²) in [5.74, 6) is 0.950. The first-order valence-electron chi connectivity index (χ1n) is 4.93. The van der Waals surface area contributed by atoms with Crippen molar-refractivity contribution < 1.29 is 47.8 Å². The van der Waals surface area contributed by atoms with Crippen LogP contribution in [0.25, 0.3) is 0 Å². The van der Waals surface area contributed by atoms with Crippen LogP contribution in [0, 0.1) is 0 Å². The quantitative estimate of drug-likeness (QED) is 0.371.